The summed E-state index contributed by atoms with van der Waals surface area (Å²) in [4.78, 5) is 15.0. The lowest BCUT2D eigenvalue weighted by atomic mass is 10.1. The molecule has 0 bridgehead atoms. The minimum atomic E-state index is -3.37. The maximum Gasteiger partial charge on any atom is 0.254 e. The molecule has 0 aliphatic carbocycles. The van der Waals surface area contributed by atoms with Crippen molar-refractivity contribution in [2.75, 3.05) is 38.7 Å². The minimum absolute atomic E-state index is 0.0774. The van der Waals surface area contributed by atoms with Crippen molar-refractivity contribution in [1.29, 1.82) is 0 Å². The van der Waals surface area contributed by atoms with Crippen LogP contribution < -0.4 is 14.2 Å². The van der Waals surface area contributed by atoms with Gasteiger partial charge in [0.1, 0.15) is 0 Å². The first-order valence-corrected chi connectivity index (χ1v) is 12.7. The number of sulfone groups is 1. The first-order chi connectivity index (χ1) is 15.4. The van der Waals surface area contributed by atoms with E-state index in [0.29, 0.717) is 55.6 Å². The summed E-state index contributed by atoms with van der Waals surface area (Å²) in [6, 6.07) is 12.5. The molecule has 0 N–H and O–H groups in total. The monoisotopic (exact) mass is 461 g/mol. The maximum absolute atomic E-state index is 13.4. The van der Waals surface area contributed by atoms with E-state index < -0.39 is 15.1 Å². The summed E-state index contributed by atoms with van der Waals surface area (Å²) in [5, 5.41) is -0.611. The van der Waals surface area contributed by atoms with Crippen molar-refractivity contribution < 1.29 is 27.4 Å². The molecule has 1 fully saturated rings. The standard InChI is InChI=1S/C24H31NO6S/c1-4-29-20-16-19(17-21(30-5-2)23(20)31-6-3)24(26)25-13-12-22(32(27,28)15-14-25)18-10-8-7-9-11-18/h7-11,16-17,22H,4-6,12-15H2,1-3H3. The number of rotatable bonds is 8. The van der Waals surface area contributed by atoms with Crippen LogP contribution in [0.25, 0.3) is 0 Å². The molecule has 1 atom stereocenters. The Morgan fingerprint density at radius 1 is 0.938 bits per heavy atom. The highest BCUT2D eigenvalue weighted by Crippen LogP contribution is 2.39. The molecule has 1 aliphatic rings. The fourth-order valence-electron chi connectivity index (χ4n) is 3.88. The Bertz CT molecular complexity index is 995. The summed E-state index contributed by atoms with van der Waals surface area (Å²) in [6.45, 7) is 7.31. The summed E-state index contributed by atoms with van der Waals surface area (Å²) in [5.74, 6) is 1.02. The SMILES string of the molecule is CCOc1cc(C(=O)N2CCC(c3ccccc3)S(=O)(=O)CC2)cc(OCC)c1OCC. The number of amides is 1. The summed E-state index contributed by atoms with van der Waals surface area (Å²) in [6.07, 6.45) is 0.353. The fourth-order valence-corrected chi connectivity index (χ4v) is 5.68. The summed E-state index contributed by atoms with van der Waals surface area (Å²) < 4.78 is 43.0. The van der Waals surface area contributed by atoms with Crippen molar-refractivity contribution in [2.45, 2.75) is 32.4 Å². The third-order valence-electron chi connectivity index (χ3n) is 5.36. The molecule has 1 aliphatic heterocycles. The van der Waals surface area contributed by atoms with Gasteiger partial charge in [-0.3, -0.25) is 4.79 Å². The molecule has 1 heterocycles. The lowest BCUT2D eigenvalue weighted by molar-refractivity contribution is 0.0765. The van der Waals surface area contributed by atoms with E-state index in [9.17, 15) is 13.2 Å². The van der Waals surface area contributed by atoms with Crippen molar-refractivity contribution in [1.82, 2.24) is 4.90 Å². The molecule has 0 aromatic heterocycles. The second-order valence-electron chi connectivity index (χ2n) is 7.45. The number of hydrogen-bond acceptors (Lipinski definition) is 6. The van der Waals surface area contributed by atoms with Gasteiger partial charge < -0.3 is 19.1 Å². The Labute approximate surface area is 190 Å². The Morgan fingerprint density at radius 2 is 1.53 bits per heavy atom. The molecule has 8 heteroatoms. The third kappa shape index (κ3) is 5.35. The quantitative estimate of drug-likeness (QED) is 0.593. The van der Waals surface area contributed by atoms with Crippen molar-refractivity contribution in [3.8, 4) is 17.2 Å². The number of carbonyl (C=O) groups is 1. The number of carbonyl (C=O) groups excluding carboxylic acids is 1. The number of benzene rings is 2. The van der Waals surface area contributed by atoms with Crippen molar-refractivity contribution in [2.24, 2.45) is 0 Å². The molecule has 1 amide bonds. The largest absolute Gasteiger partial charge is 0.490 e. The predicted molar refractivity (Wildman–Crippen MR) is 123 cm³/mol. The Hall–Kier alpha value is -2.74. The van der Waals surface area contributed by atoms with E-state index in [1.54, 1.807) is 17.0 Å². The zero-order valence-electron chi connectivity index (χ0n) is 18.9. The topological polar surface area (TPSA) is 82.1 Å². The zero-order valence-corrected chi connectivity index (χ0v) is 19.7. The maximum atomic E-state index is 13.4. The highest BCUT2D eigenvalue weighted by Gasteiger charge is 2.33. The molecule has 32 heavy (non-hydrogen) atoms. The summed E-state index contributed by atoms with van der Waals surface area (Å²) >= 11 is 0. The van der Waals surface area contributed by atoms with E-state index in [0.717, 1.165) is 5.56 Å². The molecule has 7 nitrogen and oxygen atoms in total. The lowest BCUT2D eigenvalue weighted by Crippen LogP contribution is -2.33. The molecule has 3 rings (SSSR count). The van der Waals surface area contributed by atoms with E-state index in [2.05, 4.69) is 0 Å². The van der Waals surface area contributed by atoms with Crippen LogP contribution in [0.2, 0.25) is 0 Å². The van der Waals surface area contributed by atoms with Gasteiger partial charge in [-0.25, -0.2) is 8.42 Å². The number of nitrogens with zero attached hydrogens (tertiary/aromatic N) is 1. The van der Waals surface area contributed by atoms with Gasteiger partial charge in [-0.2, -0.15) is 0 Å². The zero-order chi connectivity index (χ0) is 23.1. The van der Waals surface area contributed by atoms with Gasteiger partial charge in [0.2, 0.25) is 5.75 Å². The molecule has 0 saturated carbocycles. The predicted octanol–water partition coefficient (Wildman–Crippen LogP) is 3.88. The number of ether oxygens (including phenoxy) is 3. The fraction of sp³-hybridized carbons (Fsp3) is 0.458. The Kier molecular flexibility index (Phi) is 8.01. The van der Waals surface area contributed by atoms with E-state index in [-0.39, 0.29) is 18.2 Å². The van der Waals surface area contributed by atoms with E-state index >= 15 is 0 Å². The van der Waals surface area contributed by atoms with Gasteiger partial charge in [-0.1, -0.05) is 30.3 Å². The second kappa shape index (κ2) is 10.7. The van der Waals surface area contributed by atoms with Crippen LogP contribution in [0, 0.1) is 0 Å². The average molecular weight is 462 g/mol. The molecule has 1 saturated heterocycles. The van der Waals surface area contributed by atoms with E-state index in [4.69, 9.17) is 14.2 Å². The normalized spacial score (nSPS) is 18.0. The smallest absolute Gasteiger partial charge is 0.254 e. The molecule has 0 spiro atoms. The number of hydrogen-bond donors (Lipinski definition) is 0. The Morgan fingerprint density at radius 3 is 2.09 bits per heavy atom. The average Bonchev–Trinajstić information content (AvgIpc) is 2.94. The van der Waals surface area contributed by atoms with Crippen molar-refractivity contribution in [3.63, 3.8) is 0 Å². The van der Waals surface area contributed by atoms with Gasteiger partial charge in [-0.05, 0) is 44.9 Å². The van der Waals surface area contributed by atoms with Gasteiger partial charge in [-0.15, -0.1) is 0 Å². The molecule has 1 unspecified atom stereocenters. The van der Waals surface area contributed by atoms with Crippen LogP contribution >= 0.6 is 0 Å². The van der Waals surface area contributed by atoms with Crippen LogP contribution in [0.5, 0.6) is 17.2 Å². The summed E-state index contributed by atoms with van der Waals surface area (Å²) in [5.41, 5.74) is 1.15. The van der Waals surface area contributed by atoms with Crippen LogP contribution in [0.15, 0.2) is 42.5 Å². The van der Waals surface area contributed by atoms with Crippen LogP contribution in [0.4, 0.5) is 0 Å². The van der Waals surface area contributed by atoms with Gasteiger partial charge in [0.25, 0.3) is 5.91 Å². The van der Waals surface area contributed by atoms with Crippen molar-refractivity contribution >= 4 is 15.7 Å². The molecule has 2 aromatic carbocycles. The van der Waals surface area contributed by atoms with Gasteiger partial charge in [0.15, 0.2) is 21.3 Å². The molecule has 174 valence electrons. The third-order valence-corrected chi connectivity index (χ3v) is 7.48. The minimum Gasteiger partial charge on any atom is -0.490 e. The first-order valence-electron chi connectivity index (χ1n) is 11.0. The highest BCUT2D eigenvalue weighted by molar-refractivity contribution is 7.91. The second-order valence-corrected chi connectivity index (χ2v) is 9.75. The van der Waals surface area contributed by atoms with Gasteiger partial charge in [0.05, 0.1) is 30.8 Å². The van der Waals surface area contributed by atoms with Gasteiger partial charge in [0, 0.05) is 18.7 Å². The molecular formula is C24H31NO6S. The first kappa shape index (κ1) is 23.9. The summed E-state index contributed by atoms with van der Waals surface area (Å²) in [7, 11) is -3.37. The van der Waals surface area contributed by atoms with Crippen LogP contribution in [-0.4, -0.2) is 57.9 Å². The highest BCUT2D eigenvalue weighted by atomic mass is 32.2. The van der Waals surface area contributed by atoms with Crippen LogP contribution in [0.1, 0.15) is 48.4 Å². The van der Waals surface area contributed by atoms with Crippen molar-refractivity contribution in [3.05, 3.63) is 53.6 Å². The van der Waals surface area contributed by atoms with Crippen LogP contribution in [-0.2, 0) is 9.84 Å². The van der Waals surface area contributed by atoms with E-state index in [1.165, 1.54) is 0 Å². The molecule has 2 aromatic rings. The molecular weight excluding hydrogens is 430 g/mol. The van der Waals surface area contributed by atoms with E-state index in [1.807, 2.05) is 51.1 Å². The van der Waals surface area contributed by atoms with Crippen LogP contribution in [0.3, 0.4) is 0 Å². The van der Waals surface area contributed by atoms with Gasteiger partial charge >= 0.3 is 0 Å². The Balaban J connectivity index is 1.90. The molecule has 0 radical (unpaired) electrons. The lowest BCUT2D eigenvalue weighted by Gasteiger charge is -2.22.